The van der Waals surface area contributed by atoms with E-state index < -0.39 is 0 Å². The third-order valence-electron chi connectivity index (χ3n) is 6.44. The van der Waals surface area contributed by atoms with E-state index in [1.54, 1.807) is 5.48 Å². The lowest BCUT2D eigenvalue weighted by molar-refractivity contribution is -0.129. The van der Waals surface area contributed by atoms with E-state index in [0.29, 0.717) is 6.42 Å². The first-order valence-corrected chi connectivity index (χ1v) is 14.5. The predicted octanol–water partition coefficient (Wildman–Crippen LogP) is 9.17. The zero-order chi connectivity index (χ0) is 22.7. The van der Waals surface area contributed by atoms with Gasteiger partial charge in [0.2, 0.25) is 5.91 Å². The van der Waals surface area contributed by atoms with Crippen molar-refractivity contribution in [1.82, 2.24) is 5.48 Å². The first-order valence-electron chi connectivity index (χ1n) is 13.8. The number of unbranched alkanes of at least 4 members (excludes halogenated alkanes) is 23. The lowest BCUT2D eigenvalue weighted by Crippen LogP contribution is -2.17. The van der Waals surface area contributed by atoms with Crippen LogP contribution in [-0.2, 0) is 4.79 Å². The van der Waals surface area contributed by atoms with Gasteiger partial charge in [0.15, 0.2) is 0 Å². The molecule has 31 heavy (non-hydrogen) atoms. The summed E-state index contributed by atoms with van der Waals surface area (Å²) in [5.41, 5.74) is 1.69. The van der Waals surface area contributed by atoms with Crippen molar-refractivity contribution in [2.45, 2.75) is 161 Å². The third kappa shape index (κ3) is 27.7. The molecule has 0 radical (unpaired) electrons. The summed E-state index contributed by atoms with van der Waals surface area (Å²) in [6, 6.07) is 0. The fourth-order valence-corrected chi connectivity index (χ4v) is 4.57. The van der Waals surface area contributed by atoms with Gasteiger partial charge < -0.3 is 0 Å². The molecule has 0 bridgehead atoms. The van der Waals surface area contributed by atoms with Crippen molar-refractivity contribution >= 4 is 18.5 Å². The molecule has 0 fully saturated rings. The summed E-state index contributed by atoms with van der Waals surface area (Å²) < 4.78 is 0. The Labute approximate surface area is 200 Å². The monoisotopic (exact) mass is 457 g/mol. The van der Waals surface area contributed by atoms with Crippen LogP contribution in [0.5, 0.6) is 0 Å². The molecule has 0 saturated heterocycles. The molecule has 2 N–H and O–H groups in total. The number of carbonyl (C=O) groups excluding carboxylic acids is 1. The molecule has 0 aliphatic carbocycles. The Morgan fingerprint density at radius 2 is 0.677 bits per heavy atom. The normalized spacial score (nSPS) is 11.2. The number of carbonyl (C=O) groups is 1. The van der Waals surface area contributed by atoms with E-state index in [-0.39, 0.29) is 5.91 Å². The maximum absolute atomic E-state index is 10.9. The van der Waals surface area contributed by atoms with Crippen molar-refractivity contribution < 1.29 is 10.0 Å². The summed E-state index contributed by atoms with van der Waals surface area (Å²) in [5.74, 6) is 0.799. The molecule has 3 nitrogen and oxygen atoms in total. The van der Waals surface area contributed by atoms with Gasteiger partial charge in [0, 0.05) is 6.42 Å². The summed E-state index contributed by atoms with van der Waals surface area (Å²) >= 11 is 4.27. The standard InChI is InChI=1S/C27H55NO2S/c29-27(28-30)25-23-21-19-17-15-13-11-9-7-5-3-1-2-4-6-8-10-12-14-16-18-20-22-24-26-31/h30-31H,1-26H2,(H,28,29). The van der Waals surface area contributed by atoms with Gasteiger partial charge in [-0.2, -0.15) is 12.6 Å². The summed E-state index contributed by atoms with van der Waals surface area (Å²) in [7, 11) is 0. The Balaban J connectivity index is 3.01. The molecule has 0 aliphatic rings. The van der Waals surface area contributed by atoms with Crippen molar-refractivity contribution in [3.05, 3.63) is 0 Å². The Morgan fingerprint density at radius 1 is 0.452 bits per heavy atom. The minimum atomic E-state index is -0.257. The molecule has 0 saturated carbocycles. The average Bonchev–Trinajstić information content (AvgIpc) is 2.78. The molecular weight excluding hydrogens is 402 g/mol. The van der Waals surface area contributed by atoms with Gasteiger partial charge in [0.1, 0.15) is 0 Å². The van der Waals surface area contributed by atoms with Crippen LogP contribution in [0, 0.1) is 0 Å². The quantitative estimate of drug-likeness (QED) is 0.0524. The lowest BCUT2D eigenvalue weighted by atomic mass is 10.0. The number of hydroxylamine groups is 1. The van der Waals surface area contributed by atoms with Crippen LogP contribution < -0.4 is 5.48 Å². The Bertz CT molecular complexity index is 352. The van der Waals surface area contributed by atoms with Gasteiger partial charge in [-0.3, -0.25) is 10.0 Å². The molecule has 1 amide bonds. The number of amides is 1. The summed E-state index contributed by atoms with van der Waals surface area (Å²) in [6.45, 7) is 0. The SMILES string of the molecule is O=C(CCCCCCCCCCCCCCCCCCCCCCCCCCS)NO. The highest BCUT2D eigenvalue weighted by molar-refractivity contribution is 7.80. The number of nitrogens with one attached hydrogen (secondary N) is 1. The fraction of sp³-hybridized carbons (Fsp3) is 0.963. The van der Waals surface area contributed by atoms with Crippen LogP contribution in [0.4, 0.5) is 0 Å². The van der Waals surface area contributed by atoms with Crippen LogP contribution in [-0.4, -0.2) is 16.9 Å². The second-order valence-corrected chi connectivity index (χ2v) is 9.94. The topological polar surface area (TPSA) is 49.3 Å². The van der Waals surface area contributed by atoms with E-state index in [1.807, 2.05) is 0 Å². The highest BCUT2D eigenvalue weighted by atomic mass is 32.1. The van der Waals surface area contributed by atoms with Gasteiger partial charge in [0.25, 0.3) is 0 Å². The molecule has 0 atom stereocenters. The zero-order valence-electron chi connectivity index (χ0n) is 20.7. The highest BCUT2D eigenvalue weighted by Gasteiger charge is 1.99. The van der Waals surface area contributed by atoms with Gasteiger partial charge in [-0.1, -0.05) is 141 Å². The van der Waals surface area contributed by atoms with E-state index in [4.69, 9.17) is 5.21 Å². The van der Waals surface area contributed by atoms with Crippen molar-refractivity contribution in [2.24, 2.45) is 0 Å². The van der Waals surface area contributed by atoms with E-state index in [9.17, 15) is 4.79 Å². The lowest BCUT2D eigenvalue weighted by Gasteiger charge is -2.04. The molecule has 0 unspecified atom stereocenters. The Hall–Kier alpha value is -0.220. The fourth-order valence-electron chi connectivity index (χ4n) is 4.34. The van der Waals surface area contributed by atoms with Crippen LogP contribution in [0.25, 0.3) is 0 Å². The van der Waals surface area contributed by atoms with Gasteiger partial charge in [-0.15, -0.1) is 0 Å². The van der Waals surface area contributed by atoms with Gasteiger partial charge in [0.05, 0.1) is 0 Å². The molecular formula is C27H55NO2S. The van der Waals surface area contributed by atoms with Gasteiger partial charge in [-0.25, -0.2) is 5.48 Å². The number of hydrogen-bond acceptors (Lipinski definition) is 3. The summed E-state index contributed by atoms with van der Waals surface area (Å²) in [4.78, 5) is 10.9. The van der Waals surface area contributed by atoms with Crippen LogP contribution in [0.1, 0.15) is 161 Å². The van der Waals surface area contributed by atoms with Gasteiger partial charge >= 0.3 is 0 Å². The van der Waals surface area contributed by atoms with E-state index in [0.717, 1.165) is 18.6 Å². The second kappa shape index (κ2) is 27.8. The maximum atomic E-state index is 10.9. The predicted molar refractivity (Wildman–Crippen MR) is 139 cm³/mol. The Morgan fingerprint density at radius 3 is 0.903 bits per heavy atom. The minimum Gasteiger partial charge on any atom is -0.289 e. The average molecular weight is 458 g/mol. The molecule has 0 heterocycles. The Kier molecular flexibility index (Phi) is 27.6. The van der Waals surface area contributed by atoms with Crippen molar-refractivity contribution in [3.8, 4) is 0 Å². The number of hydrogen-bond donors (Lipinski definition) is 3. The van der Waals surface area contributed by atoms with E-state index in [1.165, 1.54) is 141 Å². The molecule has 186 valence electrons. The maximum Gasteiger partial charge on any atom is 0.243 e. The molecule has 0 aromatic carbocycles. The van der Waals surface area contributed by atoms with E-state index in [2.05, 4.69) is 12.6 Å². The number of rotatable bonds is 26. The first kappa shape index (κ1) is 30.8. The second-order valence-electron chi connectivity index (χ2n) is 9.49. The molecule has 0 aromatic heterocycles. The summed E-state index contributed by atoms with van der Waals surface area (Å²) in [5, 5.41) is 8.42. The first-order chi connectivity index (χ1) is 15.3. The number of thiol groups is 1. The zero-order valence-corrected chi connectivity index (χ0v) is 21.6. The molecule has 4 heteroatoms. The molecule has 0 aliphatic heterocycles. The van der Waals surface area contributed by atoms with Crippen molar-refractivity contribution in [1.29, 1.82) is 0 Å². The molecule has 0 aromatic rings. The third-order valence-corrected chi connectivity index (χ3v) is 6.75. The van der Waals surface area contributed by atoms with Crippen LogP contribution in [0.15, 0.2) is 0 Å². The smallest absolute Gasteiger partial charge is 0.243 e. The van der Waals surface area contributed by atoms with Crippen molar-refractivity contribution in [2.75, 3.05) is 5.75 Å². The molecule has 0 rings (SSSR count). The van der Waals surface area contributed by atoms with Crippen LogP contribution in [0.2, 0.25) is 0 Å². The minimum absolute atomic E-state index is 0.257. The largest absolute Gasteiger partial charge is 0.289 e. The molecule has 0 spiro atoms. The van der Waals surface area contributed by atoms with Gasteiger partial charge in [-0.05, 0) is 18.6 Å². The van der Waals surface area contributed by atoms with Crippen LogP contribution in [0.3, 0.4) is 0 Å². The highest BCUT2D eigenvalue weighted by Crippen LogP contribution is 2.15. The van der Waals surface area contributed by atoms with Crippen molar-refractivity contribution in [3.63, 3.8) is 0 Å². The van der Waals surface area contributed by atoms with Crippen LogP contribution >= 0.6 is 12.6 Å². The summed E-state index contributed by atoms with van der Waals surface area (Å²) in [6.07, 6.45) is 33.3. The van der Waals surface area contributed by atoms with E-state index >= 15 is 0 Å².